The molecule has 0 aromatic carbocycles. The van der Waals surface area contributed by atoms with E-state index in [4.69, 9.17) is 0 Å². The van der Waals surface area contributed by atoms with Crippen molar-refractivity contribution in [2.45, 2.75) is 118 Å². The van der Waals surface area contributed by atoms with Crippen molar-refractivity contribution in [3.63, 3.8) is 0 Å². The highest BCUT2D eigenvalue weighted by molar-refractivity contribution is 5.21. The molecule has 0 N–H and O–H groups in total. The lowest BCUT2D eigenvalue weighted by atomic mass is 10.2. The monoisotopic (exact) mass is 1040 g/mol. The maximum atomic E-state index is 4.18. The number of aromatic nitrogens is 16. The van der Waals surface area contributed by atoms with E-state index < -0.39 is 0 Å². The summed E-state index contributed by atoms with van der Waals surface area (Å²) in [6.07, 6.45) is 28.8. The Bertz CT molecular complexity index is 2650. The van der Waals surface area contributed by atoms with Crippen LogP contribution in [-0.2, 0) is 14.1 Å². The molecule has 16 heteroatoms. The predicted octanol–water partition coefficient (Wildman–Crippen LogP) is 12.3. The molecule has 0 unspecified atom stereocenters. The van der Waals surface area contributed by atoms with Crippen molar-refractivity contribution >= 4 is 0 Å². The molecule has 10 aromatic heterocycles. The van der Waals surface area contributed by atoms with Crippen LogP contribution in [-0.4, -0.2) is 79.4 Å². The van der Waals surface area contributed by atoms with E-state index in [2.05, 4.69) is 108 Å². The molecule has 0 spiro atoms. The molecule has 0 aliphatic carbocycles. The molecule has 0 saturated heterocycles. The van der Waals surface area contributed by atoms with Gasteiger partial charge in [-0.15, -0.1) is 0 Å². The van der Waals surface area contributed by atoms with E-state index in [1.807, 2.05) is 223 Å². The molecule has 10 rings (SSSR count). The van der Waals surface area contributed by atoms with Crippen molar-refractivity contribution in [2.75, 3.05) is 0 Å². The van der Waals surface area contributed by atoms with Crippen molar-refractivity contribution in [2.24, 2.45) is 14.1 Å². The highest BCUT2D eigenvalue weighted by Gasteiger charge is 1.91. The van der Waals surface area contributed by atoms with Gasteiger partial charge in [0.2, 0.25) is 0 Å². The van der Waals surface area contributed by atoms with Crippen molar-refractivity contribution < 1.29 is 0 Å². The van der Waals surface area contributed by atoms with Gasteiger partial charge in [0.25, 0.3) is 0 Å². The van der Waals surface area contributed by atoms with Crippen LogP contribution in [0, 0.1) is 118 Å². The van der Waals surface area contributed by atoms with Gasteiger partial charge in [-0.1, -0.05) is 24.3 Å². The van der Waals surface area contributed by atoms with Gasteiger partial charge in [0, 0.05) is 112 Å². The van der Waals surface area contributed by atoms with E-state index in [1.165, 1.54) is 57.2 Å². The molecule has 10 heterocycles. The third kappa shape index (κ3) is 36.8. The average Bonchev–Trinajstić information content (AvgIpc) is 3.99. The van der Waals surface area contributed by atoms with Gasteiger partial charge in [-0.05, 0) is 204 Å². The Morgan fingerprint density at radius 2 is 0.753 bits per heavy atom. The molecule has 0 radical (unpaired) electrons. The summed E-state index contributed by atoms with van der Waals surface area (Å²) in [6.45, 7) is 33.8. The minimum absolute atomic E-state index is 0.759. The standard InChI is InChI=1S/C8H11N.3C7H9N.2C6H8N2.C6H7N.2C5H8N2.C4H5N3/c1-6-4-7(2)8(3)9-5-6;1-6-3-7(2)5-8-4-6;2*1-6-3-4-7(2)8-5-6;2*1-5-3-7-6(2)8-4-5;1-6-2-4-7-5-3-6;1-5-3-6-7(2)4-5;1-5-3-4-7(2)6-5;1-4-6-2-5-3-7-4/h4-5H,1-3H3;3*3-5H,1-2H3;2*3-4H,1-2H3;2-5H,1H3;2*3-4H,1-2H3;2-3H,1H3. The fraction of sp³-hybridized carbons (Fsp3) is 0.311. The van der Waals surface area contributed by atoms with E-state index in [-0.39, 0.29) is 0 Å². The number of pyridine rings is 5. The zero-order valence-corrected chi connectivity index (χ0v) is 49.1. The molecular formula is C61H82N16. The molecule has 0 saturated carbocycles. The van der Waals surface area contributed by atoms with Crippen molar-refractivity contribution in [1.82, 2.24) is 79.4 Å². The molecule has 10 aromatic rings. The van der Waals surface area contributed by atoms with Crippen molar-refractivity contribution in [1.29, 1.82) is 0 Å². The Hall–Kier alpha value is -8.66. The topological polar surface area (TPSA) is 190 Å². The van der Waals surface area contributed by atoms with Gasteiger partial charge < -0.3 is 0 Å². The molecular weight excluding hydrogens is 957 g/mol. The maximum Gasteiger partial charge on any atom is 0.128 e. The number of hydrogen-bond acceptors (Lipinski definition) is 14. The molecule has 0 aliphatic heterocycles. The Labute approximate surface area is 459 Å². The summed E-state index contributed by atoms with van der Waals surface area (Å²) < 4.78 is 3.57. The van der Waals surface area contributed by atoms with Gasteiger partial charge in [0.1, 0.15) is 30.1 Å². The summed E-state index contributed by atoms with van der Waals surface area (Å²) in [7, 11) is 3.82. The summed E-state index contributed by atoms with van der Waals surface area (Å²) in [5, 5.41) is 7.96. The van der Waals surface area contributed by atoms with Crippen molar-refractivity contribution in [3.8, 4) is 0 Å². The second kappa shape index (κ2) is 38.9. The fourth-order valence-corrected chi connectivity index (χ4v) is 5.29. The molecule has 0 bridgehead atoms. The van der Waals surface area contributed by atoms with Gasteiger partial charge in [0.05, 0.1) is 11.9 Å². The summed E-state index contributed by atoms with van der Waals surface area (Å²) in [6, 6.07) is 18.3. The molecule has 77 heavy (non-hydrogen) atoms. The molecule has 0 atom stereocenters. The summed E-state index contributed by atoms with van der Waals surface area (Å²) in [5.74, 6) is 2.42. The van der Waals surface area contributed by atoms with Crippen LogP contribution in [0.2, 0.25) is 0 Å². The molecule has 0 aliphatic rings. The first kappa shape index (κ1) is 66.4. The van der Waals surface area contributed by atoms with E-state index in [1.54, 1.807) is 21.8 Å². The van der Waals surface area contributed by atoms with Gasteiger partial charge in [-0.3, -0.25) is 34.3 Å². The number of aryl methyl sites for hydroxylation is 19. The van der Waals surface area contributed by atoms with Crippen LogP contribution in [0.5, 0.6) is 0 Å². The van der Waals surface area contributed by atoms with E-state index in [0.29, 0.717) is 0 Å². The van der Waals surface area contributed by atoms with Gasteiger partial charge >= 0.3 is 0 Å². The first-order valence-electron chi connectivity index (χ1n) is 24.9. The third-order valence-electron chi connectivity index (χ3n) is 9.58. The van der Waals surface area contributed by atoms with Gasteiger partial charge in [-0.25, -0.2) is 34.9 Å². The van der Waals surface area contributed by atoms with Crippen LogP contribution in [0.3, 0.4) is 0 Å². The number of hydrogen-bond donors (Lipinski definition) is 0. The lowest BCUT2D eigenvalue weighted by Gasteiger charge is -1.97. The highest BCUT2D eigenvalue weighted by atomic mass is 15.2. The van der Waals surface area contributed by atoms with Gasteiger partial charge in [0.15, 0.2) is 0 Å². The third-order valence-corrected chi connectivity index (χ3v) is 9.58. The highest BCUT2D eigenvalue weighted by Crippen LogP contribution is 2.04. The second-order valence-corrected chi connectivity index (χ2v) is 18.1. The zero-order valence-electron chi connectivity index (χ0n) is 49.1. The summed E-state index contributed by atoms with van der Waals surface area (Å²) >= 11 is 0. The van der Waals surface area contributed by atoms with Crippen molar-refractivity contribution in [3.05, 3.63) is 250 Å². The van der Waals surface area contributed by atoms with E-state index in [0.717, 1.165) is 51.4 Å². The number of nitrogens with zero attached hydrogens (tertiary/aromatic N) is 16. The van der Waals surface area contributed by atoms with Crippen LogP contribution in [0.15, 0.2) is 154 Å². The van der Waals surface area contributed by atoms with Crippen LogP contribution in [0.25, 0.3) is 0 Å². The van der Waals surface area contributed by atoms with Crippen LogP contribution < -0.4 is 0 Å². The lowest BCUT2D eigenvalue weighted by molar-refractivity contribution is 0.756. The molecule has 406 valence electrons. The van der Waals surface area contributed by atoms with E-state index >= 15 is 0 Å². The first-order valence-corrected chi connectivity index (χ1v) is 24.9. The molecule has 0 amide bonds. The average molecular weight is 1040 g/mol. The van der Waals surface area contributed by atoms with Crippen LogP contribution in [0.4, 0.5) is 0 Å². The van der Waals surface area contributed by atoms with Crippen LogP contribution in [0.1, 0.15) is 95.9 Å². The number of rotatable bonds is 0. The summed E-state index contributed by atoms with van der Waals surface area (Å²) in [5.41, 5.74) is 16.4. The summed E-state index contributed by atoms with van der Waals surface area (Å²) in [4.78, 5) is 47.2. The first-order chi connectivity index (χ1) is 36.5. The Balaban J connectivity index is 0.000000428. The predicted molar refractivity (Wildman–Crippen MR) is 312 cm³/mol. The van der Waals surface area contributed by atoms with Crippen LogP contribution >= 0.6 is 0 Å². The smallest absolute Gasteiger partial charge is 0.128 e. The second-order valence-electron chi connectivity index (χ2n) is 18.1. The Morgan fingerprint density at radius 3 is 0.987 bits per heavy atom. The van der Waals surface area contributed by atoms with E-state index in [9.17, 15) is 0 Å². The normalized spacial score (nSPS) is 9.23. The van der Waals surface area contributed by atoms with Gasteiger partial charge in [-0.2, -0.15) is 10.2 Å². The maximum absolute atomic E-state index is 4.18. The SMILES string of the molecule is Cc1ccc(C)nc1.Cc1ccc(C)nc1.Cc1ccn(C)n1.Cc1ccncc1.Cc1cnc(C)c(C)c1.Cc1cnc(C)nc1.Cc1cnc(C)nc1.Cc1cncc(C)c1.Cc1cnn(C)c1.Cc1ncncn1. The molecule has 16 nitrogen and oxygen atoms in total. The largest absolute Gasteiger partial charge is 0.276 e. The minimum Gasteiger partial charge on any atom is -0.276 e. The lowest BCUT2D eigenvalue weighted by Crippen LogP contribution is -1.86. The Morgan fingerprint density at radius 1 is 0.312 bits per heavy atom. The minimum atomic E-state index is 0.759. The molecule has 0 fully saturated rings. The Kier molecular flexibility index (Phi) is 33.5. The quantitative estimate of drug-likeness (QED) is 0.139. The zero-order chi connectivity index (χ0) is 57.5. The fourth-order valence-electron chi connectivity index (χ4n) is 5.29.